The highest BCUT2D eigenvalue weighted by Gasteiger charge is 2.05. The van der Waals surface area contributed by atoms with Crippen LogP contribution in [0.2, 0.25) is 0 Å². The molecule has 96 valence electrons. The summed E-state index contributed by atoms with van der Waals surface area (Å²) in [6.45, 7) is 0. The number of thiazole rings is 1. The molecule has 2 aromatic carbocycles. The topological polar surface area (TPSA) is 60.2 Å². The van der Waals surface area contributed by atoms with E-state index < -0.39 is 0 Å². The van der Waals surface area contributed by atoms with Crippen molar-refractivity contribution in [3.63, 3.8) is 0 Å². The minimum Gasteiger partial charge on any atom is -0.497 e. The Morgan fingerprint density at radius 1 is 1.16 bits per heavy atom. The summed E-state index contributed by atoms with van der Waals surface area (Å²) in [6.07, 6.45) is 0. The summed E-state index contributed by atoms with van der Waals surface area (Å²) in [5, 5.41) is 5.01. The Morgan fingerprint density at radius 2 is 1.95 bits per heavy atom. The molecular formula is C14H13N3OS. The molecule has 0 atom stereocenters. The van der Waals surface area contributed by atoms with Gasteiger partial charge >= 0.3 is 0 Å². The molecule has 0 aliphatic heterocycles. The van der Waals surface area contributed by atoms with Crippen LogP contribution < -0.4 is 16.0 Å². The number of methoxy groups -OCH3 is 1. The van der Waals surface area contributed by atoms with Crippen molar-refractivity contribution in [2.24, 2.45) is 5.84 Å². The van der Waals surface area contributed by atoms with Crippen LogP contribution in [0.25, 0.3) is 22.0 Å². The van der Waals surface area contributed by atoms with E-state index in [0.29, 0.717) is 5.13 Å². The monoisotopic (exact) mass is 271 g/mol. The lowest BCUT2D eigenvalue weighted by Crippen LogP contribution is -2.05. The Labute approximate surface area is 114 Å². The Hall–Kier alpha value is -2.11. The lowest BCUT2D eigenvalue weighted by Gasteiger charge is -2.04. The number of anilines is 1. The van der Waals surface area contributed by atoms with Crippen LogP contribution in [0.15, 0.2) is 41.8 Å². The van der Waals surface area contributed by atoms with Crippen molar-refractivity contribution < 1.29 is 4.74 Å². The normalized spacial score (nSPS) is 10.6. The molecule has 0 fully saturated rings. The van der Waals surface area contributed by atoms with Crippen molar-refractivity contribution in [3.05, 3.63) is 41.8 Å². The number of hydrazine groups is 1. The Bertz CT molecular complexity index is 724. The van der Waals surface area contributed by atoms with Gasteiger partial charge in [0.25, 0.3) is 0 Å². The van der Waals surface area contributed by atoms with Crippen LogP contribution in [-0.4, -0.2) is 12.1 Å². The molecule has 3 N–H and O–H groups in total. The molecule has 5 heteroatoms. The molecule has 1 heterocycles. The largest absolute Gasteiger partial charge is 0.497 e. The standard InChI is InChI=1S/C14H13N3OS/c1-18-12-5-4-9-6-11(3-2-10(9)7-12)13-8-19-14(16-13)17-15/h2-8H,15H2,1H3,(H,16,17). The molecule has 19 heavy (non-hydrogen) atoms. The van der Waals surface area contributed by atoms with E-state index in [1.54, 1.807) is 7.11 Å². The third-order valence-corrected chi connectivity index (χ3v) is 3.74. The zero-order valence-corrected chi connectivity index (χ0v) is 11.2. The summed E-state index contributed by atoms with van der Waals surface area (Å²) in [5.41, 5.74) is 4.57. The molecule has 0 aliphatic rings. The van der Waals surface area contributed by atoms with Gasteiger partial charge in [-0.25, -0.2) is 10.8 Å². The van der Waals surface area contributed by atoms with Gasteiger partial charge in [0.2, 0.25) is 0 Å². The summed E-state index contributed by atoms with van der Waals surface area (Å²) in [6, 6.07) is 12.3. The lowest BCUT2D eigenvalue weighted by atomic mass is 10.1. The zero-order chi connectivity index (χ0) is 13.2. The molecule has 3 rings (SSSR count). The Kier molecular flexibility index (Phi) is 3.06. The zero-order valence-electron chi connectivity index (χ0n) is 10.4. The van der Waals surface area contributed by atoms with E-state index in [0.717, 1.165) is 27.8 Å². The fourth-order valence-corrected chi connectivity index (χ4v) is 2.61. The van der Waals surface area contributed by atoms with Crippen LogP contribution in [0, 0.1) is 0 Å². The summed E-state index contributed by atoms with van der Waals surface area (Å²) in [5.74, 6) is 6.21. The smallest absolute Gasteiger partial charge is 0.197 e. The van der Waals surface area contributed by atoms with Gasteiger partial charge in [-0.05, 0) is 29.0 Å². The van der Waals surface area contributed by atoms with Gasteiger partial charge in [0.15, 0.2) is 5.13 Å². The van der Waals surface area contributed by atoms with Crippen molar-refractivity contribution in [1.29, 1.82) is 0 Å². The van der Waals surface area contributed by atoms with Gasteiger partial charge in [-0.15, -0.1) is 11.3 Å². The second-order valence-corrected chi connectivity index (χ2v) is 4.97. The molecule has 0 saturated heterocycles. The van der Waals surface area contributed by atoms with Crippen LogP contribution in [-0.2, 0) is 0 Å². The first kappa shape index (κ1) is 12.0. The molecule has 0 spiro atoms. The van der Waals surface area contributed by atoms with Gasteiger partial charge in [-0.3, -0.25) is 5.43 Å². The maximum atomic E-state index is 5.35. The van der Waals surface area contributed by atoms with Crippen LogP contribution in [0.1, 0.15) is 0 Å². The van der Waals surface area contributed by atoms with E-state index in [2.05, 4.69) is 28.6 Å². The van der Waals surface area contributed by atoms with Gasteiger partial charge in [-0.2, -0.15) is 0 Å². The van der Waals surface area contributed by atoms with Crippen LogP contribution in [0.3, 0.4) is 0 Å². The maximum Gasteiger partial charge on any atom is 0.197 e. The van der Waals surface area contributed by atoms with Gasteiger partial charge in [0.05, 0.1) is 12.8 Å². The Morgan fingerprint density at radius 3 is 2.68 bits per heavy atom. The third kappa shape index (κ3) is 2.25. The van der Waals surface area contributed by atoms with E-state index in [9.17, 15) is 0 Å². The number of ether oxygens (including phenoxy) is 1. The number of aromatic nitrogens is 1. The van der Waals surface area contributed by atoms with Crippen LogP contribution >= 0.6 is 11.3 Å². The first-order chi connectivity index (χ1) is 9.30. The molecule has 4 nitrogen and oxygen atoms in total. The second-order valence-electron chi connectivity index (χ2n) is 4.11. The highest BCUT2D eigenvalue weighted by atomic mass is 32.1. The lowest BCUT2D eigenvalue weighted by molar-refractivity contribution is 0.415. The van der Waals surface area contributed by atoms with E-state index in [1.165, 1.54) is 11.3 Å². The minimum absolute atomic E-state index is 0.713. The molecule has 0 aliphatic carbocycles. The molecule has 0 saturated carbocycles. The van der Waals surface area contributed by atoms with Crippen molar-refractivity contribution >= 4 is 27.2 Å². The van der Waals surface area contributed by atoms with Gasteiger partial charge in [0.1, 0.15) is 5.75 Å². The Balaban J connectivity index is 2.06. The number of fused-ring (bicyclic) bond motifs is 1. The first-order valence-electron chi connectivity index (χ1n) is 5.80. The average molecular weight is 271 g/mol. The molecule has 0 unspecified atom stereocenters. The van der Waals surface area contributed by atoms with Crippen molar-refractivity contribution in [3.8, 4) is 17.0 Å². The van der Waals surface area contributed by atoms with Crippen LogP contribution in [0.5, 0.6) is 5.75 Å². The number of nitrogens with one attached hydrogen (secondary N) is 1. The molecule has 3 aromatic rings. The number of rotatable bonds is 3. The van der Waals surface area contributed by atoms with Crippen molar-refractivity contribution in [1.82, 2.24) is 4.98 Å². The number of hydrogen-bond acceptors (Lipinski definition) is 5. The minimum atomic E-state index is 0.713. The van der Waals surface area contributed by atoms with Crippen molar-refractivity contribution in [2.45, 2.75) is 0 Å². The van der Waals surface area contributed by atoms with E-state index in [-0.39, 0.29) is 0 Å². The number of nitrogens with two attached hydrogens (primary N) is 1. The van der Waals surface area contributed by atoms with Gasteiger partial charge in [0, 0.05) is 10.9 Å². The highest BCUT2D eigenvalue weighted by molar-refractivity contribution is 7.14. The number of nitrogens with zero attached hydrogens (tertiary/aromatic N) is 1. The fourth-order valence-electron chi connectivity index (χ4n) is 1.98. The molecule has 0 amide bonds. The van der Waals surface area contributed by atoms with E-state index >= 15 is 0 Å². The average Bonchev–Trinajstić information content (AvgIpc) is 2.95. The summed E-state index contributed by atoms with van der Waals surface area (Å²) in [4.78, 5) is 4.40. The summed E-state index contributed by atoms with van der Waals surface area (Å²) >= 11 is 1.49. The number of nitrogen functional groups attached to an aromatic ring is 1. The second kappa shape index (κ2) is 4.87. The van der Waals surface area contributed by atoms with Gasteiger partial charge < -0.3 is 4.74 Å². The molecular weight excluding hydrogens is 258 g/mol. The SMILES string of the molecule is COc1ccc2cc(-c3csc(NN)n3)ccc2c1. The van der Waals surface area contributed by atoms with E-state index in [4.69, 9.17) is 10.6 Å². The molecule has 1 aromatic heterocycles. The predicted octanol–water partition coefficient (Wildman–Crippen LogP) is 3.26. The third-order valence-electron chi connectivity index (χ3n) is 2.97. The molecule has 0 bridgehead atoms. The maximum absolute atomic E-state index is 5.35. The number of hydrogen-bond donors (Lipinski definition) is 2. The fraction of sp³-hybridized carbons (Fsp3) is 0.0714. The van der Waals surface area contributed by atoms with Crippen LogP contribution in [0.4, 0.5) is 5.13 Å². The first-order valence-corrected chi connectivity index (χ1v) is 6.68. The molecule has 0 radical (unpaired) electrons. The van der Waals surface area contributed by atoms with E-state index in [1.807, 2.05) is 23.6 Å². The summed E-state index contributed by atoms with van der Waals surface area (Å²) in [7, 11) is 1.67. The highest BCUT2D eigenvalue weighted by Crippen LogP contribution is 2.28. The summed E-state index contributed by atoms with van der Waals surface area (Å²) < 4.78 is 5.22. The van der Waals surface area contributed by atoms with Crippen molar-refractivity contribution in [2.75, 3.05) is 12.5 Å². The number of benzene rings is 2. The predicted molar refractivity (Wildman–Crippen MR) is 79.4 cm³/mol. The quantitative estimate of drug-likeness (QED) is 0.567. The van der Waals surface area contributed by atoms with Gasteiger partial charge in [-0.1, -0.05) is 18.2 Å².